The van der Waals surface area contributed by atoms with Crippen LogP contribution in [0.5, 0.6) is 0 Å². The smallest absolute Gasteiger partial charge is 0.257 e. The molecule has 2 aromatic rings. The quantitative estimate of drug-likeness (QED) is 0.853. The van der Waals surface area contributed by atoms with E-state index < -0.39 is 0 Å². The number of nitrogens with zero attached hydrogens (tertiary/aromatic N) is 2. The number of ether oxygens (including phenoxy) is 1. The van der Waals surface area contributed by atoms with Gasteiger partial charge in [0.1, 0.15) is 12.0 Å². The molecule has 1 amide bonds. The monoisotopic (exact) mass is 344 g/mol. The molecule has 2 aliphatic heterocycles. The summed E-state index contributed by atoms with van der Waals surface area (Å²) in [5.74, 6) is 1.34. The zero-order valence-corrected chi connectivity index (χ0v) is 14.5. The molecule has 2 saturated heterocycles. The van der Waals surface area contributed by atoms with E-state index in [0.717, 1.165) is 31.8 Å². The maximum atomic E-state index is 12.8. The number of amides is 1. The maximum absolute atomic E-state index is 12.8. The van der Waals surface area contributed by atoms with Gasteiger partial charge in [-0.05, 0) is 38.1 Å². The summed E-state index contributed by atoms with van der Waals surface area (Å²) in [5.41, 5.74) is 0.614. The van der Waals surface area contributed by atoms with Crippen LogP contribution in [0.2, 0.25) is 0 Å². The van der Waals surface area contributed by atoms with E-state index in [-0.39, 0.29) is 18.1 Å². The first kappa shape index (κ1) is 16.4. The van der Waals surface area contributed by atoms with Gasteiger partial charge in [-0.2, -0.15) is 0 Å². The highest BCUT2D eigenvalue weighted by Crippen LogP contribution is 2.32. The molecule has 0 radical (unpaired) electrons. The third kappa shape index (κ3) is 3.37. The van der Waals surface area contributed by atoms with E-state index in [1.54, 1.807) is 18.6 Å². The van der Waals surface area contributed by atoms with Crippen LogP contribution in [0.25, 0.3) is 0 Å². The number of likely N-dealkylation sites (tertiary alicyclic amines) is 1. The highest BCUT2D eigenvalue weighted by molar-refractivity contribution is 5.93. The van der Waals surface area contributed by atoms with E-state index in [4.69, 9.17) is 13.6 Å². The second-order valence-corrected chi connectivity index (χ2v) is 7.02. The molecule has 2 aromatic heterocycles. The molecule has 0 unspecified atom stereocenters. The zero-order chi connectivity index (χ0) is 17.2. The SMILES string of the molecule is CN(Cc1ccco1)[C@@H]1CN(C(=O)c2ccoc2)C[C@@H]2CCCO[C@@H]21. The molecule has 2 aliphatic rings. The van der Waals surface area contributed by atoms with Gasteiger partial charge >= 0.3 is 0 Å². The molecule has 0 aliphatic carbocycles. The molecular weight excluding hydrogens is 320 g/mol. The first-order valence-electron chi connectivity index (χ1n) is 8.88. The molecule has 4 rings (SSSR count). The van der Waals surface area contributed by atoms with Crippen molar-refractivity contribution in [2.45, 2.75) is 31.5 Å². The number of likely N-dealkylation sites (N-methyl/N-ethyl adjacent to an activating group) is 1. The Labute approximate surface area is 147 Å². The van der Waals surface area contributed by atoms with Crippen LogP contribution < -0.4 is 0 Å². The van der Waals surface area contributed by atoms with Gasteiger partial charge in [0.05, 0.1) is 36.8 Å². The van der Waals surface area contributed by atoms with E-state index >= 15 is 0 Å². The molecule has 6 heteroatoms. The lowest BCUT2D eigenvalue weighted by atomic mass is 9.84. The number of carbonyl (C=O) groups is 1. The van der Waals surface area contributed by atoms with Gasteiger partial charge in [-0.1, -0.05) is 0 Å². The third-order valence-electron chi connectivity index (χ3n) is 5.34. The largest absolute Gasteiger partial charge is 0.472 e. The van der Waals surface area contributed by atoms with Gasteiger partial charge in [-0.3, -0.25) is 9.69 Å². The summed E-state index contributed by atoms with van der Waals surface area (Å²) in [6.07, 6.45) is 7.09. The van der Waals surface area contributed by atoms with Gasteiger partial charge in [0.15, 0.2) is 0 Å². The molecule has 0 spiro atoms. The second kappa shape index (κ2) is 7.06. The second-order valence-electron chi connectivity index (χ2n) is 7.02. The van der Waals surface area contributed by atoms with Gasteiger partial charge < -0.3 is 18.5 Å². The van der Waals surface area contributed by atoms with Crippen molar-refractivity contribution in [1.29, 1.82) is 0 Å². The average molecular weight is 344 g/mol. The van der Waals surface area contributed by atoms with E-state index in [1.165, 1.54) is 6.26 Å². The van der Waals surface area contributed by atoms with Gasteiger partial charge in [0, 0.05) is 25.6 Å². The summed E-state index contributed by atoms with van der Waals surface area (Å²) >= 11 is 0. The summed E-state index contributed by atoms with van der Waals surface area (Å²) in [6.45, 7) is 2.92. The molecule has 0 saturated carbocycles. The zero-order valence-electron chi connectivity index (χ0n) is 14.5. The number of fused-ring (bicyclic) bond motifs is 1. The van der Waals surface area contributed by atoms with E-state index in [9.17, 15) is 4.79 Å². The molecule has 2 fully saturated rings. The predicted molar refractivity (Wildman–Crippen MR) is 91.0 cm³/mol. The van der Waals surface area contributed by atoms with E-state index in [0.29, 0.717) is 24.6 Å². The summed E-state index contributed by atoms with van der Waals surface area (Å²) < 4.78 is 16.7. The number of furan rings is 2. The van der Waals surface area contributed by atoms with E-state index in [2.05, 4.69) is 11.9 Å². The summed E-state index contributed by atoms with van der Waals surface area (Å²) in [6, 6.07) is 5.76. The van der Waals surface area contributed by atoms with Gasteiger partial charge in [-0.15, -0.1) is 0 Å². The fourth-order valence-corrected chi connectivity index (χ4v) is 4.06. The highest BCUT2D eigenvalue weighted by atomic mass is 16.5. The van der Waals surface area contributed by atoms with Gasteiger partial charge in [0.25, 0.3) is 5.91 Å². The fourth-order valence-electron chi connectivity index (χ4n) is 4.06. The van der Waals surface area contributed by atoms with Crippen molar-refractivity contribution in [3.8, 4) is 0 Å². The molecule has 0 aromatic carbocycles. The average Bonchev–Trinajstić information content (AvgIpc) is 3.34. The number of hydrogen-bond donors (Lipinski definition) is 0. The minimum Gasteiger partial charge on any atom is -0.472 e. The first-order valence-corrected chi connectivity index (χ1v) is 8.88. The van der Waals surface area contributed by atoms with Crippen LogP contribution in [0.15, 0.2) is 45.8 Å². The van der Waals surface area contributed by atoms with Crippen molar-refractivity contribution < 1.29 is 18.4 Å². The first-order chi connectivity index (χ1) is 12.2. The molecule has 3 atom stereocenters. The third-order valence-corrected chi connectivity index (χ3v) is 5.34. The van der Waals surface area contributed by atoms with Crippen molar-refractivity contribution in [1.82, 2.24) is 9.80 Å². The normalized spacial score (nSPS) is 26.6. The van der Waals surface area contributed by atoms with Gasteiger partial charge in [-0.25, -0.2) is 0 Å². The van der Waals surface area contributed by atoms with Crippen molar-refractivity contribution in [2.75, 3.05) is 26.7 Å². The number of rotatable bonds is 4. The topological polar surface area (TPSA) is 59.1 Å². The summed E-state index contributed by atoms with van der Waals surface area (Å²) in [5, 5.41) is 0. The van der Waals surface area contributed by atoms with Crippen molar-refractivity contribution in [3.05, 3.63) is 48.3 Å². The Morgan fingerprint density at radius 3 is 3.00 bits per heavy atom. The van der Waals surface area contributed by atoms with Crippen molar-refractivity contribution >= 4 is 5.91 Å². The number of carbonyl (C=O) groups excluding carboxylic acids is 1. The predicted octanol–water partition coefficient (Wildman–Crippen LogP) is 2.62. The number of hydrogen-bond acceptors (Lipinski definition) is 5. The van der Waals surface area contributed by atoms with Crippen LogP contribution in [0.3, 0.4) is 0 Å². The maximum Gasteiger partial charge on any atom is 0.257 e. The van der Waals surface area contributed by atoms with Gasteiger partial charge in [0.2, 0.25) is 0 Å². The molecule has 134 valence electrons. The molecule has 4 heterocycles. The lowest BCUT2D eigenvalue weighted by molar-refractivity contribution is -0.106. The highest BCUT2D eigenvalue weighted by Gasteiger charge is 2.42. The Hall–Kier alpha value is -2.05. The lowest BCUT2D eigenvalue weighted by Crippen LogP contribution is -2.61. The van der Waals surface area contributed by atoms with Crippen molar-refractivity contribution in [3.63, 3.8) is 0 Å². The standard InChI is InChI=1S/C19H24N2O4/c1-20(11-16-5-3-7-24-16)17-12-21(19(22)15-6-9-23-13-15)10-14-4-2-8-25-18(14)17/h3,5-7,9,13-14,17-18H,2,4,8,10-12H2,1H3/t14-,17+,18-/m0/s1. The van der Waals surface area contributed by atoms with E-state index in [1.807, 2.05) is 17.0 Å². The summed E-state index contributed by atoms with van der Waals surface area (Å²) in [4.78, 5) is 17.0. The molecule has 6 nitrogen and oxygen atoms in total. The summed E-state index contributed by atoms with van der Waals surface area (Å²) in [7, 11) is 2.08. The number of piperidine rings is 1. The molecule has 0 N–H and O–H groups in total. The van der Waals surface area contributed by atoms with Crippen LogP contribution in [0.4, 0.5) is 0 Å². The Balaban J connectivity index is 1.53. The minimum atomic E-state index is 0.0363. The Bertz CT molecular complexity index is 682. The minimum absolute atomic E-state index is 0.0363. The van der Waals surface area contributed by atoms with Crippen molar-refractivity contribution in [2.24, 2.45) is 5.92 Å². The molecule has 0 bridgehead atoms. The fraction of sp³-hybridized carbons (Fsp3) is 0.526. The van der Waals surface area contributed by atoms with Crippen LogP contribution in [-0.4, -0.2) is 54.6 Å². The Morgan fingerprint density at radius 2 is 2.24 bits per heavy atom. The van der Waals surface area contributed by atoms with Crippen LogP contribution >= 0.6 is 0 Å². The van der Waals surface area contributed by atoms with Crippen LogP contribution in [0, 0.1) is 5.92 Å². The molecule has 25 heavy (non-hydrogen) atoms. The van der Waals surface area contributed by atoms with Crippen LogP contribution in [-0.2, 0) is 11.3 Å². The Morgan fingerprint density at radius 1 is 1.32 bits per heavy atom. The molecular formula is C19H24N2O4. The lowest BCUT2D eigenvalue weighted by Gasteiger charge is -2.48. The van der Waals surface area contributed by atoms with Crippen LogP contribution in [0.1, 0.15) is 29.0 Å². The Kier molecular flexibility index (Phi) is 4.63.